The predicted molar refractivity (Wildman–Crippen MR) is 88.6 cm³/mol. The molecular formula is C16H20N4OS. The fraction of sp³-hybridized carbons (Fsp3) is 0.562. The molecule has 1 saturated heterocycles. The van der Waals surface area contributed by atoms with Gasteiger partial charge in [-0.05, 0) is 31.7 Å². The molecule has 0 radical (unpaired) electrons. The fourth-order valence-electron chi connectivity index (χ4n) is 3.54. The van der Waals surface area contributed by atoms with Gasteiger partial charge in [-0.15, -0.1) is 11.3 Å². The topological polar surface area (TPSA) is 49.3 Å². The van der Waals surface area contributed by atoms with Gasteiger partial charge in [0.2, 0.25) is 5.91 Å². The molecule has 1 fully saturated rings. The maximum absolute atomic E-state index is 11.5. The Labute approximate surface area is 134 Å². The summed E-state index contributed by atoms with van der Waals surface area (Å²) in [6.07, 6.45) is 3.59. The Bertz CT molecular complexity index is 746. The van der Waals surface area contributed by atoms with Crippen LogP contribution in [0.4, 0.5) is 5.82 Å². The van der Waals surface area contributed by atoms with Gasteiger partial charge in [0.25, 0.3) is 0 Å². The zero-order chi connectivity index (χ0) is 15.3. The second kappa shape index (κ2) is 5.19. The standard InChI is InChI=1S/C16H20N4OS/c1-10-17-15(20-8-6-19(7-9-20)11(2)21)14-12-4-3-5-13(12)22-16(14)18-10/h3-9H2,1-2H3. The molecule has 2 aromatic rings. The van der Waals surface area contributed by atoms with Gasteiger partial charge in [-0.25, -0.2) is 9.97 Å². The molecule has 4 rings (SSSR count). The SMILES string of the molecule is CC(=O)N1CCN(c2nc(C)nc3sc4c(c23)CCC4)CC1. The van der Waals surface area contributed by atoms with Gasteiger partial charge >= 0.3 is 0 Å². The summed E-state index contributed by atoms with van der Waals surface area (Å²) in [6, 6.07) is 0. The molecule has 0 unspecified atom stereocenters. The zero-order valence-electron chi connectivity index (χ0n) is 13.1. The molecule has 0 N–H and O–H groups in total. The van der Waals surface area contributed by atoms with Crippen LogP contribution in [0.3, 0.4) is 0 Å². The number of hydrogen-bond acceptors (Lipinski definition) is 5. The second-order valence-corrected chi connectivity index (χ2v) is 7.21. The highest BCUT2D eigenvalue weighted by Gasteiger charge is 2.26. The summed E-state index contributed by atoms with van der Waals surface area (Å²) < 4.78 is 0. The van der Waals surface area contributed by atoms with Gasteiger partial charge < -0.3 is 9.80 Å². The molecule has 1 aliphatic carbocycles. The van der Waals surface area contributed by atoms with E-state index in [0.29, 0.717) is 0 Å². The monoisotopic (exact) mass is 316 g/mol. The van der Waals surface area contributed by atoms with Crippen molar-refractivity contribution in [1.82, 2.24) is 14.9 Å². The van der Waals surface area contributed by atoms with Gasteiger partial charge in [-0.2, -0.15) is 0 Å². The van der Waals surface area contributed by atoms with E-state index in [1.165, 1.54) is 28.7 Å². The number of rotatable bonds is 1. The first-order valence-corrected chi connectivity index (χ1v) is 8.74. The first kappa shape index (κ1) is 13.9. The van der Waals surface area contributed by atoms with E-state index in [1.54, 1.807) is 6.92 Å². The van der Waals surface area contributed by atoms with E-state index in [1.807, 2.05) is 23.2 Å². The largest absolute Gasteiger partial charge is 0.352 e. The lowest BCUT2D eigenvalue weighted by atomic mass is 10.1. The maximum atomic E-state index is 11.5. The van der Waals surface area contributed by atoms with Crippen molar-refractivity contribution in [3.05, 3.63) is 16.3 Å². The number of aromatic nitrogens is 2. The molecule has 0 aromatic carbocycles. The van der Waals surface area contributed by atoms with Gasteiger partial charge in [-0.3, -0.25) is 4.79 Å². The third-order valence-corrected chi connectivity index (χ3v) is 5.87. The number of carbonyl (C=O) groups is 1. The van der Waals surface area contributed by atoms with Crippen LogP contribution in [0.1, 0.15) is 29.6 Å². The van der Waals surface area contributed by atoms with Crippen molar-refractivity contribution in [2.45, 2.75) is 33.1 Å². The zero-order valence-corrected chi connectivity index (χ0v) is 13.9. The first-order valence-electron chi connectivity index (χ1n) is 7.93. The second-order valence-electron chi connectivity index (χ2n) is 6.13. The molecule has 2 aliphatic rings. The van der Waals surface area contributed by atoms with Gasteiger partial charge in [0, 0.05) is 38.0 Å². The summed E-state index contributed by atoms with van der Waals surface area (Å²) in [5, 5.41) is 1.28. The highest BCUT2D eigenvalue weighted by molar-refractivity contribution is 7.19. The van der Waals surface area contributed by atoms with Crippen LogP contribution in [-0.4, -0.2) is 47.0 Å². The summed E-state index contributed by atoms with van der Waals surface area (Å²) in [7, 11) is 0. The lowest BCUT2D eigenvalue weighted by Gasteiger charge is -2.35. The molecular weight excluding hydrogens is 296 g/mol. The third-order valence-electron chi connectivity index (χ3n) is 4.68. The van der Waals surface area contributed by atoms with Gasteiger partial charge in [0.15, 0.2) is 0 Å². The van der Waals surface area contributed by atoms with Gasteiger partial charge in [-0.1, -0.05) is 0 Å². The van der Waals surface area contributed by atoms with Crippen molar-refractivity contribution in [2.75, 3.05) is 31.1 Å². The fourth-order valence-corrected chi connectivity index (χ4v) is 4.84. The first-order chi connectivity index (χ1) is 10.6. The summed E-state index contributed by atoms with van der Waals surface area (Å²) in [4.78, 5) is 27.8. The summed E-state index contributed by atoms with van der Waals surface area (Å²) in [6.45, 7) is 6.90. The Balaban J connectivity index is 1.74. The van der Waals surface area contributed by atoms with Crippen LogP contribution in [0.15, 0.2) is 0 Å². The van der Waals surface area contributed by atoms with Crippen LogP contribution < -0.4 is 4.90 Å². The van der Waals surface area contributed by atoms with Crippen LogP contribution in [-0.2, 0) is 17.6 Å². The minimum Gasteiger partial charge on any atom is -0.352 e. The molecule has 6 heteroatoms. The molecule has 116 valence electrons. The Kier molecular flexibility index (Phi) is 3.29. The normalized spacial score (nSPS) is 18.1. The number of nitrogens with zero attached hydrogens (tertiary/aromatic N) is 4. The van der Waals surface area contributed by atoms with Gasteiger partial charge in [0.1, 0.15) is 16.5 Å². The summed E-state index contributed by atoms with van der Waals surface area (Å²) >= 11 is 1.84. The van der Waals surface area contributed by atoms with E-state index >= 15 is 0 Å². The Morgan fingerprint density at radius 3 is 2.64 bits per heavy atom. The quantitative estimate of drug-likeness (QED) is 0.809. The molecule has 1 aliphatic heterocycles. The van der Waals surface area contributed by atoms with E-state index in [-0.39, 0.29) is 5.91 Å². The average Bonchev–Trinajstić information content (AvgIpc) is 3.06. The number of fused-ring (bicyclic) bond motifs is 3. The molecule has 3 heterocycles. The van der Waals surface area contributed by atoms with Crippen LogP contribution in [0.5, 0.6) is 0 Å². The molecule has 0 saturated carbocycles. The minimum atomic E-state index is 0.167. The van der Waals surface area contributed by atoms with Crippen molar-refractivity contribution in [2.24, 2.45) is 0 Å². The highest BCUT2D eigenvalue weighted by Crippen LogP contribution is 2.40. The number of aryl methyl sites for hydroxylation is 3. The van der Waals surface area contributed by atoms with Crippen molar-refractivity contribution >= 4 is 33.3 Å². The van der Waals surface area contributed by atoms with Crippen LogP contribution >= 0.6 is 11.3 Å². The highest BCUT2D eigenvalue weighted by atomic mass is 32.1. The van der Waals surface area contributed by atoms with E-state index in [9.17, 15) is 4.79 Å². The maximum Gasteiger partial charge on any atom is 0.219 e. The number of carbonyl (C=O) groups excluding carboxylic acids is 1. The number of piperazine rings is 1. The molecule has 0 spiro atoms. The number of thiophene rings is 1. The van der Waals surface area contributed by atoms with E-state index in [4.69, 9.17) is 4.98 Å². The summed E-state index contributed by atoms with van der Waals surface area (Å²) in [5.41, 5.74) is 1.48. The van der Waals surface area contributed by atoms with Crippen molar-refractivity contribution in [3.63, 3.8) is 0 Å². The van der Waals surface area contributed by atoms with Crippen LogP contribution in [0, 0.1) is 6.92 Å². The van der Waals surface area contributed by atoms with E-state index < -0.39 is 0 Å². The Morgan fingerprint density at radius 2 is 1.91 bits per heavy atom. The molecule has 22 heavy (non-hydrogen) atoms. The summed E-state index contributed by atoms with van der Waals surface area (Å²) in [5.74, 6) is 2.10. The van der Waals surface area contributed by atoms with E-state index in [0.717, 1.165) is 49.1 Å². The van der Waals surface area contributed by atoms with E-state index in [2.05, 4.69) is 9.88 Å². The van der Waals surface area contributed by atoms with Crippen molar-refractivity contribution < 1.29 is 4.79 Å². The van der Waals surface area contributed by atoms with Crippen molar-refractivity contribution in [1.29, 1.82) is 0 Å². The molecule has 1 amide bonds. The van der Waals surface area contributed by atoms with Crippen molar-refractivity contribution in [3.8, 4) is 0 Å². The lowest BCUT2D eigenvalue weighted by molar-refractivity contribution is -0.129. The van der Waals surface area contributed by atoms with Gasteiger partial charge in [0.05, 0.1) is 5.39 Å². The number of anilines is 1. The van der Waals surface area contributed by atoms with Crippen LogP contribution in [0.2, 0.25) is 0 Å². The predicted octanol–water partition coefficient (Wildman–Crippen LogP) is 2.16. The minimum absolute atomic E-state index is 0.167. The Morgan fingerprint density at radius 1 is 1.14 bits per heavy atom. The molecule has 5 nitrogen and oxygen atoms in total. The average molecular weight is 316 g/mol. The Hall–Kier alpha value is -1.69. The third kappa shape index (κ3) is 2.17. The smallest absolute Gasteiger partial charge is 0.219 e. The number of amides is 1. The number of hydrogen-bond donors (Lipinski definition) is 0. The lowest BCUT2D eigenvalue weighted by Crippen LogP contribution is -2.48. The molecule has 0 atom stereocenters. The molecule has 0 bridgehead atoms. The molecule has 2 aromatic heterocycles. The van der Waals surface area contributed by atoms with Crippen LogP contribution in [0.25, 0.3) is 10.2 Å².